The van der Waals surface area contributed by atoms with Gasteiger partial charge in [0.1, 0.15) is 0 Å². The molecule has 0 bridgehead atoms. The molecule has 1 heterocycles. The number of carbonyl (C=O) groups is 2. The molecule has 0 spiro atoms. The Morgan fingerprint density at radius 2 is 1.79 bits per heavy atom. The minimum atomic E-state index is -3.76. The Labute approximate surface area is 194 Å². The number of sulfonamides is 1. The fourth-order valence-corrected chi connectivity index (χ4v) is 4.97. The molecule has 1 atom stereocenters. The molecule has 0 aliphatic carbocycles. The molecule has 0 aromatic heterocycles. The molecule has 33 heavy (non-hydrogen) atoms. The Kier molecular flexibility index (Phi) is 8.37. The molecule has 3 rings (SSSR count). The molecule has 1 saturated heterocycles. The molecular weight excluding hydrogens is 442 g/mol. The van der Waals surface area contributed by atoms with Crippen LogP contribution in [0.15, 0.2) is 72.1 Å². The molecule has 0 radical (unpaired) electrons. The zero-order chi connectivity index (χ0) is 23.8. The number of benzene rings is 2. The molecule has 1 fully saturated rings. The van der Waals surface area contributed by atoms with E-state index in [-0.39, 0.29) is 17.0 Å². The molecule has 1 unspecified atom stereocenters. The van der Waals surface area contributed by atoms with Gasteiger partial charge >= 0.3 is 5.97 Å². The van der Waals surface area contributed by atoms with Crippen LogP contribution in [0.1, 0.15) is 22.8 Å². The average molecular weight is 472 g/mol. The number of amides is 1. The van der Waals surface area contributed by atoms with Crippen molar-refractivity contribution in [3.05, 3.63) is 78.4 Å². The maximum atomic E-state index is 13.2. The van der Waals surface area contributed by atoms with Crippen molar-refractivity contribution in [2.75, 3.05) is 32.7 Å². The number of hydrogen-bond donors (Lipinski definition) is 1. The van der Waals surface area contributed by atoms with Gasteiger partial charge in [-0.25, -0.2) is 13.2 Å². The van der Waals surface area contributed by atoms with Gasteiger partial charge in [0, 0.05) is 39.3 Å². The molecule has 1 amide bonds. The molecule has 2 aromatic carbocycles. The van der Waals surface area contributed by atoms with Crippen molar-refractivity contribution in [3.8, 4) is 0 Å². The van der Waals surface area contributed by atoms with Gasteiger partial charge in [-0.1, -0.05) is 42.5 Å². The number of esters is 1. The standard InChI is InChI=1S/C24H29N3O5S/c1-3-12-25-23(28)19(2)32-24(29)21-10-7-11-22(17-21)33(30,31)27-15-13-26(14-16-27)18-20-8-5-4-6-9-20/h3-11,17,19H,1,12-16,18H2,2H3,(H,25,28). The van der Waals surface area contributed by atoms with E-state index >= 15 is 0 Å². The summed E-state index contributed by atoms with van der Waals surface area (Å²) in [4.78, 5) is 26.6. The Balaban J connectivity index is 1.62. The number of hydrogen-bond acceptors (Lipinski definition) is 6. The Morgan fingerprint density at radius 3 is 2.45 bits per heavy atom. The van der Waals surface area contributed by atoms with Gasteiger partial charge in [-0.15, -0.1) is 6.58 Å². The predicted octanol–water partition coefficient (Wildman–Crippen LogP) is 2.04. The van der Waals surface area contributed by atoms with Crippen molar-refractivity contribution in [3.63, 3.8) is 0 Å². The number of ether oxygens (including phenoxy) is 1. The highest BCUT2D eigenvalue weighted by Gasteiger charge is 2.29. The van der Waals surface area contributed by atoms with Crippen LogP contribution in [0, 0.1) is 0 Å². The molecule has 9 heteroatoms. The number of carbonyl (C=O) groups excluding carboxylic acids is 2. The van der Waals surface area contributed by atoms with E-state index in [0.717, 1.165) is 6.54 Å². The summed E-state index contributed by atoms with van der Waals surface area (Å²) in [6.45, 7) is 7.96. The van der Waals surface area contributed by atoms with E-state index < -0.39 is 28.0 Å². The first kappa shape index (κ1) is 24.6. The summed E-state index contributed by atoms with van der Waals surface area (Å²) >= 11 is 0. The molecule has 1 aliphatic heterocycles. The topological polar surface area (TPSA) is 96.0 Å². The van der Waals surface area contributed by atoms with Crippen molar-refractivity contribution in [2.45, 2.75) is 24.5 Å². The molecule has 0 saturated carbocycles. The first-order chi connectivity index (χ1) is 15.8. The van der Waals surface area contributed by atoms with Crippen LogP contribution in [-0.4, -0.2) is 68.3 Å². The maximum Gasteiger partial charge on any atom is 0.338 e. The lowest BCUT2D eigenvalue weighted by Crippen LogP contribution is -2.48. The Hall–Kier alpha value is -3.01. The van der Waals surface area contributed by atoms with E-state index in [1.807, 2.05) is 18.2 Å². The molecule has 1 aliphatic rings. The number of nitrogens with zero attached hydrogens (tertiary/aromatic N) is 2. The van der Waals surface area contributed by atoms with Crippen molar-refractivity contribution < 1.29 is 22.7 Å². The molecule has 1 N–H and O–H groups in total. The quantitative estimate of drug-likeness (QED) is 0.444. The average Bonchev–Trinajstić information content (AvgIpc) is 2.83. The van der Waals surface area contributed by atoms with Gasteiger partial charge in [-0.3, -0.25) is 9.69 Å². The number of piperazine rings is 1. The van der Waals surface area contributed by atoms with Gasteiger partial charge in [-0.05, 0) is 30.7 Å². The van der Waals surface area contributed by atoms with Crippen LogP contribution in [-0.2, 0) is 26.1 Å². The monoisotopic (exact) mass is 471 g/mol. The van der Waals surface area contributed by atoms with Gasteiger partial charge in [0.05, 0.1) is 10.5 Å². The Bertz CT molecular complexity index is 1080. The lowest BCUT2D eigenvalue weighted by atomic mass is 10.2. The summed E-state index contributed by atoms with van der Waals surface area (Å²) in [5, 5.41) is 2.55. The summed E-state index contributed by atoms with van der Waals surface area (Å²) in [7, 11) is -3.76. The van der Waals surface area contributed by atoms with Crippen LogP contribution in [0.2, 0.25) is 0 Å². The summed E-state index contributed by atoms with van der Waals surface area (Å²) in [5.74, 6) is -1.22. The highest BCUT2D eigenvalue weighted by molar-refractivity contribution is 7.89. The fourth-order valence-electron chi connectivity index (χ4n) is 3.50. The lowest BCUT2D eigenvalue weighted by Gasteiger charge is -2.34. The highest BCUT2D eigenvalue weighted by atomic mass is 32.2. The zero-order valence-corrected chi connectivity index (χ0v) is 19.5. The van der Waals surface area contributed by atoms with Gasteiger partial charge < -0.3 is 10.1 Å². The molecule has 8 nitrogen and oxygen atoms in total. The number of rotatable bonds is 9. The molecular formula is C24H29N3O5S. The van der Waals surface area contributed by atoms with Crippen LogP contribution >= 0.6 is 0 Å². The normalized spacial score (nSPS) is 16.0. The van der Waals surface area contributed by atoms with E-state index in [0.29, 0.717) is 26.2 Å². The second kappa shape index (κ2) is 11.2. The lowest BCUT2D eigenvalue weighted by molar-refractivity contribution is -0.128. The second-order valence-electron chi connectivity index (χ2n) is 7.78. The third kappa shape index (κ3) is 6.50. The smallest absolute Gasteiger partial charge is 0.338 e. The van der Waals surface area contributed by atoms with Crippen LogP contribution in [0.25, 0.3) is 0 Å². The van der Waals surface area contributed by atoms with Crippen molar-refractivity contribution >= 4 is 21.9 Å². The van der Waals surface area contributed by atoms with Crippen LogP contribution in [0.3, 0.4) is 0 Å². The summed E-state index contributed by atoms with van der Waals surface area (Å²) in [5.41, 5.74) is 1.26. The first-order valence-corrected chi connectivity index (χ1v) is 12.2. The van der Waals surface area contributed by atoms with Crippen molar-refractivity contribution in [2.24, 2.45) is 0 Å². The van der Waals surface area contributed by atoms with E-state index in [1.54, 1.807) is 0 Å². The predicted molar refractivity (Wildman–Crippen MR) is 125 cm³/mol. The maximum absolute atomic E-state index is 13.2. The minimum absolute atomic E-state index is 0.0252. The van der Waals surface area contributed by atoms with Crippen LogP contribution in [0.4, 0.5) is 0 Å². The van der Waals surface area contributed by atoms with Crippen molar-refractivity contribution in [1.82, 2.24) is 14.5 Å². The van der Waals surface area contributed by atoms with Gasteiger partial charge in [-0.2, -0.15) is 4.31 Å². The van der Waals surface area contributed by atoms with E-state index in [2.05, 4.69) is 28.9 Å². The SMILES string of the molecule is C=CCNC(=O)C(C)OC(=O)c1cccc(S(=O)(=O)N2CCN(Cc3ccccc3)CC2)c1. The van der Waals surface area contributed by atoms with E-state index in [9.17, 15) is 18.0 Å². The summed E-state index contributed by atoms with van der Waals surface area (Å²) in [6, 6.07) is 15.8. The van der Waals surface area contributed by atoms with E-state index in [4.69, 9.17) is 4.74 Å². The van der Waals surface area contributed by atoms with Crippen LogP contribution in [0.5, 0.6) is 0 Å². The first-order valence-electron chi connectivity index (χ1n) is 10.8. The third-order valence-corrected chi connectivity index (χ3v) is 7.26. The second-order valence-corrected chi connectivity index (χ2v) is 9.71. The third-order valence-electron chi connectivity index (χ3n) is 5.36. The van der Waals surface area contributed by atoms with Crippen molar-refractivity contribution in [1.29, 1.82) is 0 Å². The van der Waals surface area contributed by atoms with Crippen LogP contribution < -0.4 is 5.32 Å². The molecule has 2 aromatic rings. The fraction of sp³-hybridized carbons (Fsp3) is 0.333. The summed E-state index contributed by atoms with van der Waals surface area (Å²) < 4.78 is 32.9. The zero-order valence-electron chi connectivity index (χ0n) is 18.6. The van der Waals surface area contributed by atoms with E-state index in [1.165, 1.54) is 47.1 Å². The molecule has 176 valence electrons. The largest absolute Gasteiger partial charge is 0.449 e. The highest BCUT2D eigenvalue weighted by Crippen LogP contribution is 2.20. The van der Waals surface area contributed by atoms with Gasteiger partial charge in [0.2, 0.25) is 10.0 Å². The minimum Gasteiger partial charge on any atom is -0.449 e. The van der Waals surface area contributed by atoms with Gasteiger partial charge in [0.15, 0.2) is 6.10 Å². The summed E-state index contributed by atoms with van der Waals surface area (Å²) in [6.07, 6.45) is 0.498. The number of nitrogens with one attached hydrogen (secondary N) is 1. The Morgan fingerprint density at radius 1 is 1.09 bits per heavy atom. The van der Waals surface area contributed by atoms with Gasteiger partial charge in [0.25, 0.3) is 5.91 Å².